The lowest BCUT2D eigenvalue weighted by atomic mass is 10.1. The van der Waals surface area contributed by atoms with Crippen LogP contribution in [0.3, 0.4) is 0 Å². The molecule has 1 aromatic rings. The van der Waals surface area contributed by atoms with Gasteiger partial charge in [0.05, 0.1) is 5.56 Å². The normalized spacial score (nSPS) is 15.7. The van der Waals surface area contributed by atoms with Gasteiger partial charge in [0.2, 0.25) is 5.91 Å². The van der Waals surface area contributed by atoms with Gasteiger partial charge in [-0.2, -0.15) is 0 Å². The minimum absolute atomic E-state index is 0.0542. The number of nitrogens with one attached hydrogen (secondary N) is 2. The zero-order valence-electron chi connectivity index (χ0n) is 10.4. The van der Waals surface area contributed by atoms with Gasteiger partial charge in [0, 0.05) is 11.1 Å². The third-order valence-electron chi connectivity index (χ3n) is 2.87. The Balaban J connectivity index is 1.99. The van der Waals surface area contributed by atoms with Crippen molar-refractivity contribution in [2.45, 2.75) is 31.8 Å². The molecule has 5 nitrogen and oxygen atoms in total. The van der Waals surface area contributed by atoms with Crippen LogP contribution in [0.1, 0.15) is 30.1 Å². The number of aromatic hydroxyl groups is 1. The van der Waals surface area contributed by atoms with Crippen molar-refractivity contribution in [1.82, 2.24) is 10.6 Å². The summed E-state index contributed by atoms with van der Waals surface area (Å²) in [6.07, 6.45) is 1.98. The molecule has 1 aromatic carbocycles. The highest BCUT2D eigenvalue weighted by Crippen LogP contribution is 2.21. The van der Waals surface area contributed by atoms with Crippen molar-refractivity contribution >= 4 is 23.4 Å². The molecule has 0 bridgehead atoms. The summed E-state index contributed by atoms with van der Waals surface area (Å²) in [5, 5.41) is 15.3. The standard InChI is InChI=1S/C13H15ClN2O3/c1-7(12(18)16-9-3-4-9)15-13(19)10-6-8(14)2-5-11(10)17/h2,5-7,9,17H,3-4H2,1H3,(H,15,19)(H,16,18). The Bertz CT molecular complexity index is 515. The first-order chi connectivity index (χ1) is 8.97. The number of amides is 2. The van der Waals surface area contributed by atoms with Crippen molar-refractivity contribution < 1.29 is 14.7 Å². The second kappa shape index (κ2) is 5.48. The summed E-state index contributed by atoms with van der Waals surface area (Å²) < 4.78 is 0. The van der Waals surface area contributed by atoms with Gasteiger partial charge < -0.3 is 15.7 Å². The van der Waals surface area contributed by atoms with Gasteiger partial charge in [0.25, 0.3) is 5.91 Å². The van der Waals surface area contributed by atoms with Gasteiger partial charge in [0.15, 0.2) is 0 Å². The van der Waals surface area contributed by atoms with Crippen molar-refractivity contribution in [2.75, 3.05) is 0 Å². The molecule has 0 aromatic heterocycles. The maximum absolute atomic E-state index is 11.9. The smallest absolute Gasteiger partial charge is 0.255 e. The van der Waals surface area contributed by atoms with E-state index in [0.29, 0.717) is 5.02 Å². The minimum atomic E-state index is -0.661. The van der Waals surface area contributed by atoms with Crippen LogP contribution in [0.4, 0.5) is 0 Å². The van der Waals surface area contributed by atoms with Crippen molar-refractivity contribution in [3.05, 3.63) is 28.8 Å². The van der Waals surface area contributed by atoms with Crippen molar-refractivity contribution in [2.24, 2.45) is 0 Å². The highest BCUT2D eigenvalue weighted by atomic mass is 35.5. The quantitative estimate of drug-likeness (QED) is 0.782. The van der Waals surface area contributed by atoms with Gasteiger partial charge in [-0.15, -0.1) is 0 Å². The molecular formula is C13H15ClN2O3. The summed E-state index contributed by atoms with van der Waals surface area (Å²) in [5.41, 5.74) is 0.0542. The van der Waals surface area contributed by atoms with E-state index in [1.807, 2.05) is 0 Å². The Morgan fingerprint density at radius 3 is 2.74 bits per heavy atom. The molecule has 1 aliphatic rings. The third-order valence-corrected chi connectivity index (χ3v) is 3.10. The van der Waals surface area contributed by atoms with Crippen LogP contribution in [0.25, 0.3) is 0 Å². The second-order valence-corrected chi connectivity index (χ2v) is 5.08. The molecule has 19 heavy (non-hydrogen) atoms. The zero-order valence-corrected chi connectivity index (χ0v) is 11.2. The summed E-state index contributed by atoms with van der Waals surface area (Å²) in [6.45, 7) is 1.59. The number of rotatable bonds is 4. The lowest BCUT2D eigenvalue weighted by Crippen LogP contribution is -2.45. The first-order valence-corrected chi connectivity index (χ1v) is 6.45. The highest BCUT2D eigenvalue weighted by molar-refractivity contribution is 6.31. The zero-order chi connectivity index (χ0) is 14.0. The monoisotopic (exact) mass is 282 g/mol. The molecular weight excluding hydrogens is 268 g/mol. The summed E-state index contributed by atoms with van der Waals surface area (Å²) in [7, 11) is 0. The summed E-state index contributed by atoms with van der Waals surface area (Å²) in [4.78, 5) is 23.6. The second-order valence-electron chi connectivity index (χ2n) is 4.64. The van der Waals surface area contributed by atoms with Gasteiger partial charge in [-0.3, -0.25) is 9.59 Å². The maximum atomic E-state index is 11.9. The number of carbonyl (C=O) groups is 2. The van der Waals surface area contributed by atoms with Crippen LogP contribution < -0.4 is 10.6 Å². The average Bonchev–Trinajstić information content (AvgIpc) is 3.15. The van der Waals surface area contributed by atoms with Crippen molar-refractivity contribution in [3.63, 3.8) is 0 Å². The number of carbonyl (C=O) groups excluding carboxylic acids is 2. The Morgan fingerprint density at radius 1 is 1.42 bits per heavy atom. The maximum Gasteiger partial charge on any atom is 0.255 e. The Morgan fingerprint density at radius 2 is 2.11 bits per heavy atom. The van der Waals surface area contributed by atoms with Crippen molar-refractivity contribution in [1.29, 1.82) is 0 Å². The van der Waals surface area contributed by atoms with E-state index in [0.717, 1.165) is 12.8 Å². The SMILES string of the molecule is CC(NC(=O)c1cc(Cl)ccc1O)C(=O)NC1CC1. The Kier molecular flexibility index (Phi) is 3.95. The third kappa shape index (κ3) is 3.61. The topological polar surface area (TPSA) is 78.4 Å². The van der Waals surface area contributed by atoms with E-state index in [2.05, 4.69) is 10.6 Å². The fraction of sp³-hybridized carbons (Fsp3) is 0.385. The predicted octanol–water partition coefficient (Wildman–Crippen LogP) is 1.44. The lowest BCUT2D eigenvalue weighted by molar-refractivity contribution is -0.122. The molecule has 3 N–H and O–H groups in total. The van der Waals surface area contributed by atoms with E-state index in [4.69, 9.17) is 11.6 Å². The molecule has 1 aliphatic carbocycles. The number of phenols is 1. The van der Waals surface area contributed by atoms with Crippen LogP contribution in [0.2, 0.25) is 5.02 Å². The van der Waals surface area contributed by atoms with E-state index < -0.39 is 11.9 Å². The van der Waals surface area contributed by atoms with Crippen LogP contribution in [-0.2, 0) is 4.79 Å². The molecule has 2 amide bonds. The minimum Gasteiger partial charge on any atom is -0.507 e. The fourth-order valence-corrected chi connectivity index (χ4v) is 1.76. The van der Waals surface area contributed by atoms with Crippen LogP contribution in [0.5, 0.6) is 5.75 Å². The molecule has 6 heteroatoms. The van der Waals surface area contributed by atoms with Gasteiger partial charge in [-0.1, -0.05) is 11.6 Å². The molecule has 1 unspecified atom stereocenters. The largest absolute Gasteiger partial charge is 0.507 e. The molecule has 0 saturated heterocycles. The average molecular weight is 283 g/mol. The Hall–Kier alpha value is -1.75. The van der Waals surface area contributed by atoms with Gasteiger partial charge in [0.1, 0.15) is 11.8 Å². The molecule has 1 fully saturated rings. The molecule has 0 spiro atoms. The summed E-state index contributed by atoms with van der Waals surface area (Å²) in [6, 6.07) is 3.76. The van der Waals surface area contributed by atoms with Gasteiger partial charge in [-0.25, -0.2) is 0 Å². The molecule has 1 saturated carbocycles. The van der Waals surface area contributed by atoms with Crippen LogP contribution in [-0.4, -0.2) is 29.0 Å². The summed E-state index contributed by atoms with van der Waals surface area (Å²) >= 11 is 5.77. The molecule has 2 rings (SSSR count). The van der Waals surface area contributed by atoms with Crippen LogP contribution >= 0.6 is 11.6 Å². The number of halogens is 1. The van der Waals surface area contributed by atoms with Gasteiger partial charge in [-0.05, 0) is 38.0 Å². The van der Waals surface area contributed by atoms with E-state index in [-0.39, 0.29) is 23.3 Å². The molecule has 102 valence electrons. The van der Waals surface area contributed by atoms with E-state index >= 15 is 0 Å². The first-order valence-electron chi connectivity index (χ1n) is 6.07. The number of benzene rings is 1. The van der Waals surface area contributed by atoms with E-state index in [1.54, 1.807) is 6.92 Å². The van der Waals surface area contributed by atoms with E-state index in [9.17, 15) is 14.7 Å². The molecule has 1 atom stereocenters. The number of phenolic OH excluding ortho intramolecular Hbond substituents is 1. The summed E-state index contributed by atoms with van der Waals surface area (Å²) in [5.74, 6) is -0.924. The molecule has 0 heterocycles. The number of hydrogen-bond donors (Lipinski definition) is 3. The lowest BCUT2D eigenvalue weighted by Gasteiger charge is -2.14. The first kappa shape index (κ1) is 13.7. The van der Waals surface area contributed by atoms with Gasteiger partial charge >= 0.3 is 0 Å². The predicted molar refractivity (Wildman–Crippen MR) is 71.2 cm³/mol. The van der Waals surface area contributed by atoms with Crippen LogP contribution in [0, 0.1) is 0 Å². The van der Waals surface area contributed by atoms with Crippen LogP contribution in [0.15, 0.2) is 18.2 Å². The van der Waals surface area contributed by atoms with Crippen molar-refractivity contribution in [3.8, 4) is 5.75 Å². The highest BCUT2D eigenvalue weighted by Gasteiger charge is 2.26. The number of hydrogen-bond acceptors (Lipinski definition) is 3. The fourth-order valence-electron chi connectivity index (χ4n) is 1.58. The molecule has 0 aliphatic heterocycles. The Labute approximate surface area is 116 Å². The molecule has 0 radical (unpaired) electrons. The van der Waals surface area contributed by atoms with E-state index in [1.165, 1.54) is 18.2 Å².